The highest BCUT2D eigenvalue weighted by Gasteiger charge is 2.22. The van der Waals surface area contributed by atoms with E-state index in [-0.39, 0.29) is 17.6 Å². The van der Waals surface area contributed by atoms with E-state index in [0.717, 1.165) is 23.1 Å². The molecule has 0 aliphatic heterocycles. The number of amides is 1. The van der Waals surface area contributed by atoms with Crippen LogP contribution < -0.4 is 5.32 Å². The van der Waals surface area contributed by atoms with E-state index >= 15 is 0 Å². The van der Waals surface area contributed by atoms with Crippen LogP contribution in [0.2, 0.25) is 0 Å². The molecule has 2 rings (SSSR count). The van der Waals surface area contributed by atoms with Crippen LogP contribution in [-0.4, -0.2) is 37.4 Å². The molecule has 10 nitrogen and oxygen atoms in total. The van der Waals surface area contributed by atoms with Gasteiger partial charge < -0.3 is 19.4 Å². The van der Waals surface area contributed by atoms with E-state index in [2.05, 4.69) is 20.5 Å². The smallest absolute Gasteiger partial charge is 0.413 e. The number of aromatic nitrogens is 4. The van der Waals surface area contributed by atoms with Crippen molar-refractivity contribution in [2.75, 3.05) is 11.9 Å². The Morgan fingerprint density at radius 3 is 3.05 bits per heavy atom. The molecule has 0 aromatic carbocycles. The molecule has 0 atom stereocenters. The van der Waals surface area contributed by atoms with E-state index in [1.54, 1.807) is 14.0 Å². The molecule has 0 aliphatic carbocycles. The lowest BCUT2D eigenvalue weighted by atomic mass is 10.8. The standard InChI is InChI=1S/C9H10N6O4S2/c1-3-19-8(16)11-7-12-13-9(21-7)20-6-5(15(17)18)10-4-14(6)2/h4H,3H2,1-2H3,(H,11,12,16). The van der Waals surface area contributed by atoms with Gasteiger partial charge in [0.25, 0.3) is 0 Å². The van der Waals surface area contributed by atoms with Crippen molar-refractivity contribution < 1.29 is 14.5 Å². The Kier molecular flexibility index (Phi) is 4.70. The lowest BCUT2D eigenvalue weighted by Gasteiger charge is -1.99. The molecule has 1 N–H and O–H groups in total. The first-order valence-corrected chi connectivity index (χ1v) is 7.25. The lowest BCUT2D eigenvalue weighted by molar-refractivity contribution is -0.392. The summed E-state index contributed by atoms with van der Waals surface area (Å²) in [5.41, 5.74) is 0. The molecule has 21 heavy (non-hydrogen) atoms. The summed E-state index contributed by atoms with van der Waals surface area (Å²) in [5, 5.41) is 21.5. The van der Waals surface area contributed by atoms with Crippen molar-refractivity contribution in [3.05, 3.63) is 16.4 Å². The van der Waals surface area contributed by atoms with Gasteiger partial charge in [0.05, 0.1) is 6.61 Å². The molecule has 0 radical (unpaired) electrons. The van der Waals surface area contributed by atoms with Crippen molar-refractivity contribution in [1.29, 1.82) is 0 Å². The third-order valence-corrected chi connectivity index (χ3v) is 4.17. The fraction of sp³-hybridized carbons (Fsp3) is 0.333. The summed E-state index contributed by atoms with van der Waals surface area (Å²) in [6.45, 7) is 1.93. The largest absolute Gasteiger partial charge is 0.450 e. The van der Waals surface area contributed by atoms with Gasteiger partial charge in [0.2, 0.25) is 11.5 Å². The molecule has 0 fully saturated rings. The van der Waals surface area contributed by atoms with Gasteiger partial charge in [-0.05, 0) is 28.6 Å². The summed E-state index contributed by atoms with van der Waals surface area (Å²) in [4.78, 5) is 25.2. The van der Waals surface area contributed by atoms with Crippen molar-refractivity contribution in [2.45, 2.75) is 16.3 Å². The molecule has 2 aromatic heterocycles. The van der Waals surface area contributed by atoms with Crippen LogP contribution in [0.15, 0.2) is 15.7 Å². The minimum absolute atomic E-state index is 0.244. The molecule has 0 saturated heterocycles. The maximum absolute atomic E-state index is 11.2. The van der Waals surface area contributed by atoms with Gasteiger partial charge in [-0.3, -0.25) is 5.32 Å². The summed E-state index contributed by atoms with van der Waals surface area (Å²) in [6.07, 6.45) is 0.718. The van der Waals surface area contributed by atoms with Gasteiger partial charge in [0, 0.05) is 7.05 Å². The fourth-order valence-corrected chi connectivity index (χ4v) is 3.05. The first-order valence-electron chi connectivity index (χ1n) is 5.62. The Bertz CT molecular complexity index is 669. The molecule has 1 amide bonds. The van der Waals surface area contributed by atoms with E-state index in [0.29, 0.717) is 9.37 Å². The quantitative estimate of drug-likeness (QED) is 0.500. The second kappa shape index (κ2) is 6.49. The zero-order chi connectivity index (χ0) is 15.4. The van der Waals surface area contributed by atoms with Crippen molar-refractivity contribution in [1.82, 2.24) is 19.7 Å². The molecule has 0 saturated carbocycles. The van der Waals surface area contributed by atoms with Crippen LogP contribution in [0.1, 0.15) is 6.92 Å². The summed E-state index contributed by atoms with van der Waals surface area (Å²) < 4.78 is 6.66. The van der Waals surface area contributed by atoms with Crippen molar-refractivity contribution >= 4 is 40.1 Å². The summed E-state index contributed by atoms with van der Waals surface area (Å²) >= 11 is 2.13. The SMILES string of the molecule is CCOC(=O)Nc1nnc(Sc2c([N+](=O)[O-])ncn2C)s1. The minimum Gasteiger partial charge on any atom is -0.450 e. The number of nitrogens with zero attached hydrogens (tertiary/aromatic N) is 5. The minimum atomic E-state index is -0.628. The number of anilines is 1. The van der Waals surface area contributed by atoms with E-state index in [9.17, 15) is 14.9 Å². The predicted octanol–water partition coefficient (Wildman–Crippen LogP) is 1.90. The number of ether oxygens (including phenoxy) is 1. The number of nitro groups is 1. The Morgan fingerprint density at radius 2 is 2.38 bits per heavy atom. The third kappa shape index (κ3) is 3.66. The molecule has 2 heterocycles. The second-order valence-corrected chi connectivity index (χ2v) is 5.78. The Hall–Kier alpha value is -2.21. The number of imidazole rings is 1. The number of nitrogens with one attached hydrogen (secondary N) is 1. The Labute approximate surface area is 126 Å². The second-order valence-electron chi connectivity index (χ2n) is 3.56. The highest BCUT2D eigenvalue weighted by molar-refractivity contribution is 8.01. The molecule has 0 unspecified atom stereocenters. The maximum Gasteiger partial charge on any atom is 0.413 e. The summed E-state index contributed by atoms with van der Waals surface area (Å²) in [6, 6.07) is 0. The van der Waals surface area contributed by atoms with E-state index in [4.69, 9.17) is 4.74 Å². The topological polar surface area (TPSA) is 125 Å². The average Bonchev–Trinajstić information content (AvgIpc) is 2.98. The van der Waals surface area contributed by atoms with Gasteiger partial charge >= 0.3 is 11.9 Å². The maximum atomic E-state index is 11.2. The van der Waals surface area contributed by atoms with Gasteiger partial charge in [0.1, 0.15) is 0 Å². The van der Waals surface area contributed by atoms with Gasteiger partial charge in [0.15, 0.2) is 9.37 Å². The van der Waals surface area contributed by atoms with Crippen molar-refractivity contribution in [3.63, 3.8) is 0 Å². The van der Waals surface area contributed by atoms with Gasteiger partial charge in [-0.15, -0.1) is 10.2 Å². The highest BCUT2D eigenvalue weighted by Crippen LogP contribution is 2.36. The predicted molar refractivity (Wildman–Crippen MR) is 74.5 cm³/mol. The van der Waals surface area contributed by atoms with Crippen LogP contribution in [0, 0.1) is 10.1 Å². The van der Waals surface area contributed by atoms with Crippen LogP contribution in [0.3, 0.4) is 0 Å². The molecule has 0 spiro atoms. The van der Waals surface area contributed by atoms with Crippen LogP contribution in [0.25, 0.3) is 0 Å². The Balaban J connectivity index is 2.11. The zero-order valence-electron chi connectivity index (χ0n) is 11.0. The lowest BCUT2D eigenvalue weighted by Crippen LogP contribution is -2.12. The number of carbonyl (C=O) groups is 1. The van der Waals surface area contributed by atoms with Crippen LogP contribution in [0.5, 0.6) is 0 Å². The van der Waals surface area contributed by atoms with Gasteiger partial charge in [-0.25, -0.2) is 4.79 Å². The van der Waals surface area contributed by atoms with E-state index in [1.165, 1.54) is 10.9 Å². The van der Waals surface area contributed by atoms with E-state index in [1.807, 2.05) is 0 Å². The van der Waals surface area contributed by atoms with Gasteiger partial charge in [-0.2, -0.15) is 0 Å². The summed E-state index contributed by atoms with van der Waals surface area (Å²) in [7, 11) is 1.64. The van der Waals surface area contributed by atoms with E-state index < -0.39 is 11.0 Å². The number of hydrogen-bond donors (Lipinski definition) is 1. The zero-order valence-corrected chi connectivity index (χ0v) is 12.6. The number of carbonyl (C=O) groups excluding carboxylic acids is 1. The molecule has 112 valence electrons. The number of aryl methyl sites for hydroxylation is 1. The van der Waals surface area contributed by atoms with Crippen LogP contribution >= 0.6 is 23.1 Å². The van der Waals surface area contributed by atoms with Crippen molar-refractivity contribution in [3.8, 4) is 0 Å². The summed E-state index contributed by atoms with van der Waals surface area (Å²) in [5.74, 6) is -0.252. The molecular formula is C9H10N6O4S2. The molecular weight excluding hydrogens is 320 g/mol. The fourth-order valence-electron chi connectivity index (χ4n) is 1.29. The van der Waals surface area contributed by atoms with Crippen LogP contribution in [-0.2, 0) is 11.8 Å². The third-order valence-electron chi connectivity index (χ3n) is 2.11. The van der Waals surface area contributed by atoms with Gasteiger partial charge in [-0.1, -0.05) is 11.3 Å². The monoisotopic (exact) mass is 330 g/mol. The molecule has 0 bridgehead atoms. The molecule has 12 heteroatoms. The normalized spacial score (nSPS) is 10.4. The number of rotatable bonds is 5. The average molecular weight is 330 g/mol. The van der Waals surface area contributed by atoms with Crippen LogP contribution in [0.4, 0.5) is 15.7 Å². The first-order chi connectivity index (χ1) is 10.0. The highest BCUT2D eigenvalue weighted by atomic mass is 32.2. The first kappa shape index (κ1) is 15.2. The number of hydrogen-bond acceptors (Lipinski definition) is 9. The molecule has 2 aromatic rings. The van der Waals surface area contributed by atoms with Crippen molar-refractivity contribution in [2.24, 2.45) is 7.05 Å². The molecule has 0 aliphatic rings. The Morgan fingerprint density at radius 1 is 1.62 bits per heavy atom.